The van der Waals surface area contributed by atoms with E-state index in [9.17, 15) is 14.9 Å². The Balaban J connectivity index is 1.82. The molecule has 0 amide bonds. The molecule has 0 saturated heterocycles. The Morgan fingerprint density at radius 3 is 2.56 bits per heavy atom. The monoisotopic (exact) mass is 532 g/mol. The van der Waals surface area contributed by atoms with E-state index in [-0.39, 0.29) is 12.5 Å². The van der Waals surface area contributed by atoms with E-state index in [4.69, 9.17) is 16.3 Å². The number of fused-ring (bicyclic) bond motifs is 1. The van der Waals surface area contributed by atoms with Crippen molar-refractivity contribution in [1.29, 1.82) is 5.26 Å². The molecular weight excluding hydrogens is 516 g/mol. The van der Waals surface area contributed by atoms with Gasteiger partial charge in [-0.05, 0) is 65.4 Å². The topological polar surface area (TPSA) is 81.3 Å². The van der Waals surface area contributed by atoms with Crippen LogP contribution in [0.5, 0.6) is 5.75 Å². The number of hydrogen-bond acceptors (Lipinski definition) is 7. The highest BCUT2D eigenvalue weighted by Gasteiger charge is 2.27. The molecule has 3 aromatic heterocycles. The predicted octanol–water partition coefficient (Wildman–Crippen LogP) is 6.86. The maximum absolute atomic E-state index is 13.9. The molecule has 5 rings (SSSR count). The van der Waals surface area contributed by atoms with Gasteiger partial charge in [0.2, 0.25) is 0 Å². The summed E-state index contributed by atoms with van der Waals surface area (Å²) < 4.78 is 12.0. The van der Waals surface area contributed by atoms with E-state index >= 15 is 0 Å². The molecule has 36 heavy (non-hydrogen) atoms. The van der Waals surface area contributed by atoms with Crippen molar-refractivity contribution >= 4 is 57.1 Å². The molecule has 2 aromatic carbocycles. The van der Waals surface area contributed by atoms with Gasteiger partial charge in [-0.3, -0.25) is 9.36 Å². The van der Waals surface area contributed by atoms with Crippen molar-refractivity contribution in [3.05, 3.63) is 86.9 Å². The highest BCUT2D eigenvalue weighted by Crippen LogP contribution is 2.45. The second-order valence-electron chi connectivity index (χ2n) is 7.67. The fraction of sp³-hybridized carbons (Fsp3) is 0.0741. The van der Waals surface area contributed by atoms with E-state index < -0.39 is 5.97 Å². The van der Waals surface area contributed by atoms with Crippen LogP contribution in [0.4, 0.5) is 0 Å². The van der Waals surface area contributed by atoms with E-state index in [0.717, 1.165) is 21.4 Å². The van der Waals surface area contributed by atoms with Gasteiger partial charge in [-0.1, -0.05) is 17.7 Å². The van der Waals surface area contributed by atoms with Crippen molar-refractivity contribution in [1.82, 2.24) is 4.57 Å². The zero-order valence-corrected chi connectivity index (χ0v) is 21.2. The number of carbonyl (C=O) groups excluding carboxylic acids is 2. The molecule has 9 heteroatoms. The van der Waals surface area contributed by atoms with Crippen molar-refractivity contribution in [3.8, 4) is 33.5 Å². The predicted molar refractivity (Wildman–Crippen MR) is 142 cm³/mol. The van der Waals surface area contributed by atoms with E-state index in [1.807, 2.05) is 29.0 Å². The molecule has 0 fully saturated rings. The Morgan fingerprint density at radius 1 is 1.06 bits per heavy atom. The molecule has 0 spiro atoms. The van der Waals surface area contributed by atoms with Gasteiger partial charge < -0.3 is 9.47 Å². The Kier molecular flexibility index (Phi) is 6.61. The maximum atomic E-state index is 13.9. The quantitative estimate of drug-likeness (QED) is 0.223. The lowest BCUT2D eigenvalue weighted by atomic mass is 10.0. The first-order valence-electron chi connectivity index (χ1n) is 10.7. The van der Waals surface area contributed by atoms with Crippen LogP contribution in [0.15, 0.2) is 71.4 Å². The molecule has 0 saturated carbocycles. The van der Waals surface area contributed by atoms with Crippen molar-refractivity contribution in [2.75, 3.05) is 13.7 Å². The fourth-order valence-electron chi connectivity index (χ4n) is 4.01. The third kappa shape index (κ3) is 4.29. The van der Waals surface area contributed by atoms with Gasteiger partial charge in [0.15, 0.2) is 6.61 Å². The number of nitriles is 1. The third-order valence-corrected chi connectivity index (χ3v) is 7.56. The Morgan fingerprint density at radius 2 is 1.86 bits per heavy atom. The first kappa shape index (κ1) is 23.8. The highest BCUT2D eigenvalue weighted by molar-refractivity contribution is 7.13. The number of carbonyl (C=O) groups is 2. The first-order valence-corrected chi connectivity index (χ1v) is 12.9. The minimum absolute atomic E-state index is 0.233. The van der Waals surface area contributed by atoms with Crippen LogP contribution in [0.2, 0.25) is 5.02 Å². The summed E-state index contributed by atoms with van der Waals surface area (Å²) in [6, 6.07) is 20.0. The molecule has 5 aromatic rings. The van der Waals surface area contributed by atoms with Crippen molar-refractivity contribution in [2.45, 2.75) is 0 Å². The van der Waals surface area contributed by atoms with Gasteiger partial charge in [0.05, 0.1) is 23.2 Å². The average Bonchev–Trinajstić information content (AvgIpc) is 3.65. The van der Waals surface area contributed by atoms with Crippen LogP contribution in [0.1, 0.15) is 15.2 Å². The lowest BCUT2D eigenvalue weighted by Crippen LogP contribution is -2.13. The van der Waals surface area contributed by atoms with Gasteiger partial charge in [0.1, 0.15) is 16.7 Å². The van der Waals surface area contributed by atoms with E-state index in [0.29, 0.717) is 32.4 Å². The van der Waals surface area contributed by atoms with Gasteiger partial charge in [0, 0.05) is 27.1 Å². The van der Waals surface area contributed by atoms with E-state index in [1.54, 1.807) is 47.0 Å². The summed E-state index contributed by atoms with van der Waals surface area (Å²) in [5.74, 6) is -0.297. The molecule has 0 aliphatic heterocycles. The Bertz CT molecular complexity index is 1630. The Hall–Kier alpha value is -3.90. The molecule has 0 aliphatic carbocycles. The molecule has 0 radical (unpaired) electrons. The maximum Gasteiger partial charge on any atom is 0.343 e. The number of thiophene rings is 2. The normalized spacial score (nSPS) is 10.8. The van der Waals surface area contributed by atoms with Crippen LogP contribution in [0.25, 0.3) is 32.6 Å². The smallest absolute Gasteiger partial charge is 0.343 e. The van der Waals surface area contributed by atoms with Crippen molar-refractivity contribution < 1.29 is 19.1 Å². The zero-order valence-electron chi connectivity index (χ0n) is 18.9. The van der Waals surface area contributed by atoms with Gasteiger partial charge in [0.25, 0.3) is 5.91 Å². The first-order chi connectivity index (χ1) is 17.5. The number of rotatable bonds is 6. The number of methoxy groups -OCH3 is 1. The lowest BCUT2D eigenvalue weighted by molar-refractivity contribution is -0.142. The average molecular weight is 533 g/mol. The van der Waals surface area contributed by atoms with Crippen LogP contribution < -0.4 is 4.74 Å². The summed E-state index contributed by atoms with van der Waals surface area (Å²) in [7, 11) is 1.29. The summed E-state index contributed by atoms with van der Waals surface area (Å²) in [5.41, 5.74) is 3.27. The summed E-state index contributed by atoms with van der Waals surface area (Å²) >= 11 is 8.90. The molecular formula is C27H17ClN2O4S2. The number of hydrogen-bond donors (Lipinski definition) is 0. The molecule has 3 heterocycles. The zero-order chi connectivity index (χ0) is 25.2. The number of esters is 1. The molecule has 6 nitrogen and oxygen atoms in total. The van der Waals surface area contributed by atoms with Crippen LogP contribution in [0, 0.1) is 11.3 Å². The molecule has 0 bridgehead atoms. The molecule has 0 unspecified atom stereocenters. The summed E-state index contributed by atoms with van der Waals surface area (Å²) in [5, 5.41) is 14.9. The lowest BCUT2D eigenvalue weighted by Gasteiger charge is -2.10. The van der Waals surface area contributed by atoms with Crippen LogP contribution in [-0.2, 0) is 9.53 Å². The van der Waals surface area contributed by atoms with Crippen LogP contribution in [-0.4, -0.2) is 30.2 Å². The SMILES string of the molecule is COC(=O)COc1ccc2c(c1)c(-c1ccsc1C#N)c(-c1cccs1)n2C(=O)c1ccc(Cl)cc1. The van der Waals surface area contributed by atoms with Gasteiger partial charge in [-0.15, -0.1) is 22.7 Å². The van der Waals surface area contributed by atoms with Gasteiger partial charge in [-0.25, -0.2) is 4.79 Å². The second kappa shape index (κ2) is 9.99. The summed E-state index contributed by atoms with van der Waals surface area (Å²) in [6.45, 7) is -0.249. The molecule has 178 valence electrons. The van der Waals surface area contributed by atoms with Crippen LogP contribution >= 0.6 is 34.3 Å². The van der Waals surface area contributed by atoms with Gasteiger partial charge in [-0.2, -0.15) is 5.26 Å². The van der Waals surface area contributed by atoms with Crippen molar-refractivity contribution in [3.63, 3.8) is 0 Å². The van der Waals surface area contributed by atoms with Gasteiger partial charge >= 0.3 is 5.97 Å². The number of aromatic nitrogens is 1. The molecule has 0 N–H and O–H groups in total. The number of nitrogens with zero attached hydrogens (tertiary/aromatic N) is 2. The molecule has 0 aliphatic rings. The third-order valence-electron chi connectivity index (χ3n) is 5.61. The number of ether oxygens (including phenoxy) is 2. The second-order valence-corrected chi connectivity index (χ2v) is 9.97. The number of halogens is 1. The summed E-state index contributed by atoms with van der Waals surface area (Å²) in [6.07, 6.45) is 0. The minimum Gasteiger partial charge on any atom is -0.482 e. The van der Waals surface area contributed by atoms with E-state index in [2.05, 4.69) is 10.8 Å². The van der Waals surface area contributed by atoms with Crippen molar-refractivity contribution in [2.24, 2.45) is 0 Å². The molecule has 0 atom stereocenters. The standard InChI is InChI=1S/C27H17ClN2O4S2/c1-33-24(31)15-34-18-8-9-21-20(13-18)25(19-10-12-36-23(19)14-29)26(22-3-2-11-35-22)30(21)27(32)16-4-6-17(28)7-5-16/h2-13H,15H2,1H3. The number of benzene rings is 2. The van der Waals surface area contributed by atoms with E-state index in [1.165, 1.54) is 29.8 Å². The summed E-state index contributed by atoms with van der Waals surface area (Å²) in [4.78, 5) is 27.0. The largest absolute Gasteiger partial charge is 0.482 e. The van der Waals surface area contributed by atoms with Crippen LogP contribution in [0.3, 0.4) is 0 Å². The fourth-order valence-corrected chi connectivity index (χ4v) is 5.59. The Labute approximate surface area is 219 Å². The highest BCUT2D eigenvalue weighted by atomic mass is 35.5. The minimum atomic E-state index is -0.505.